The van der Waals surface area contributed by atoms with E-state index in [1.165, 1.54) is 0 Å². The van der Waals surface area contributed by atoms with Crippen molar-refractivity contribution in [2.45, 2.75) is 37.8 Å². The van der Waals surface area contributed by atoms with Crippen molar-refractivity contribution in [1.29, 1.82) is 5.26 Å². The molecule has 9 heteroatoms. The Kier molecular flexibility index (Phi) is 4.88. The van der Waals surface area contributed by atoms with Crippen LogP contribution in [0.1, 0.15) is 47.8 Å². The SMILES string of the molecule is N#Cc1ccc(-c2cn(C3CCC(NC(=O)c4ccnc5[nH]ccc45)CC3)nn2)cn1. The minimum Gasteiger partial charge on any atom is -0.349 e. The molecule has 9 nitrogen and oxygen atoms in total. The monoisotopic (exact) mass is 412 g/mol. The largest absolute Gasteiger partial charge is 0.349 e. The molecule has 31 heavy (non-hydrogen) atoms. The fraction of sp³-hybridized carbons (Fsp3) is 0.273. The van der Waals surface area contributed by atoms with Crippen molar-refractivity contribution in [2.75, 3.05) is 0 Å². The Morgan fingerprint density at radius 3 is 2.81 bits per heavy atom. The number of aromatic nitrogens is 6. The minimum absolute atomic E-state index is 0.0631. The number of pyridine rings is 2. The highest BCUT2D eigenvalue weighted by Crippen LogP contribution is 2.29. The van der Waals surface area contributed by atoms with E-state index in [1.54, 1.807) is 30.7 Å². The van der Waals surface area contributed by atoms with Gasteiger partial charge in [-0.05, 0) is 49.9 Å². The van der Waals surface area contributed by atoms with Gasteiger partial charge in [0.2, 0.25) is 0 Å². The van der Waals surface area contributed by atoms with Crippen molar-refractivity contribution in [2.24, 2.45) is 0 Å². The molecule has 0 spiro atoms. The first-order valence-electron chi connectivity index (χ1n) is 10.2. The fourth-order valence-electron chi connectivity index (χ4n) is 4.11. The molecular weight excluding hydrogens is 392 g/mol. The van der Waals surface area contributed by atoms with Crippen molar-refractivity contribution < 1.29 is 4.79 Å². The average Bonchev–Trinajstić information content (AvgIpc) is 3.49. The van der Waals surface area contributed by atoms with Crippen LogP contribution in [0.5, 0.6) is 0 Å². The van der Waals surface area contributed by atoms with Gasteiger partial charge in [-0.25, -0.2) is 14.6 Å². The molecule has 1 aliphatic carbocycles. The number of carbonyl (C=O) groups excluding carboxylic acids is 1. The van der Waals surface area contributed by atoms with E-state index < -0.39 is 0 Å². The first-order valence-corrected chi connectivity index (χ1v) is 10.2. The van der Waals surface area contributed by atoms with Gasteiger partial charge in [0.05, 0.1) is 17.8 Å². The van der Waals surface area contributed by atoms with E-state index in [9.17, 15) is 4.79 Å². The molecule has 5 rings (SSSR count). The summed E-state index contributed by atoms with van der Waals surface area (Å²) in [7, 11) is 0. The molecular formula is C22H20N8O. The number of nitrogens with one attached hydrogen (secondary N) is 2. The van der Waals surface area contributed by atoms with Crippen LogP contribution in [-0.2, 0) is 0 Å². The molecule has 0 radical (unpaired) electrons. The van der Waals surface area contributed by atoms with Gasteiger partial charge in [-0.3, -0.25) is 4.79 Å². The summed E-state index contributed by atoms with van der Waals surface area (Å²) in [5.74, 6) is -0.0631. The van der Waals surface area contributed by atoms with Gasteiger partial charge < -0.3 is 10.3 Å². The second-order valence-corrected chi connectivity index (χ2v) is 7.71. The van der Waals surface area contributed by atoms with Gasteiger partial charge in [0.15, 0.2) is 0 Å². The van der Waals surface area contributed by atoms with Gasteiger partial charge in [0.1, 0.15) is 23.1 Å². The van der Waals surface area contributed by atoms with Crippen molar-refractivity contribution in [3.63, 3.8) is 0 Å². The summed E-state index contributed by atoms with van der Waals surface area (Å²) in [6.07, 6.45) is 10.6. The van der Waals surface area contributed by atoms with Crippen molar-refractivity contribution in [1.82, 2.24) is 35.3 Å². The lowest BCUT2D eigenvalue weighted by molar-refractivity contribution is 0.0923. The van der Waals surface area contributed by atoms with Crippen molar-refractivity contribution in [3.8, 4) is 17.3 Å². The summed E-state index contributed by atoms with van der Waals surface area (Å²) in [6, 6.07) is 9.52. The van der Waals surface area contributed by atoms with E-state index >= 15 is 0 Å². The lowest BCUT2D eigenvalue weighted by Gasteiger charge is -2.29. The molecule has 1 saturated carbocycles. The number of H-pyrrole nitrogens is 1. The normalized spacial score (nSPS) is 18.5. The Bertz CT molecular complexity index is 1260. The zero-order valence-electron chi connectivity index (χ0n) is 16.7. The average molecular weight is 412 g/mol. The lowest BCUT2D eigenvalue weighted by Crippen LogP contribution is -2.38. The number of nitriles is 1. The Morgan fingerprint density at radius 2 is 2.03 bits per heavy atom. The lowest BCUT2D eigenvalue weighted by atomic mass is 9.91. The first-order chi connectivity index (χ1) is 15.2. The number of rotatable bonds is 4. The smallest absolute Gasteiger partial charge is 0.252 e. The van der Waals surface area contributed by atoms with Crippen LogP contribution in [-0.4, -0.2) is 41.9 Å². The number of hydrogen-bond donors (Lipinski definition) is 2. The minimum atomic E-state index is -0.0631. The van der Waals surface area contributed by atoms with E-state index in [0.717, 1.165) is 48.0 Å². The molecule has 0 aromatic carbocycles. The maximum absolute atomic E-state index is 12.8. The van der Waals surface area contributed by atoms with Crippen LogP contribution in [0.25, 0.3) is 22.3 Å². The number of aromatic amines is 1. The third kappa shape index (κ3) is 3.75. The number of fused-ring (bicyclic) bond motifs is 1. The Morgan fingerprint density at radius 1 is 1.16 bits per heavy atom. The fourth-order valence-corrected chi connectivity index (χ4v) is 4.11. The summed E-state index contributed by atoms with van der Waals surface area (Å²) in [5, 5.41) is 21.4. The standard InChI is InChI=1S/C22H20N8O/c23-11-16-2-1-14(12-26-16)20-13-30(29-28-20)17-5-3-15(4-6-17)27-22(31)19-8-10-25-21-18(19)7-9-24-21/h1-2,7-10,12-13,15,17H,3-6H2,(H,24,25)(H,27,31). The predicted octanol–water partition coefficient (Wildman–Crippen LogP) is 3.00. The third-order valence-corrected chi connectivity index (χ3v) is 5.79. The third-order valence-electron chi connectivity index (χ3n) is 5.79. The summed E-state index contributed by atoms with van der Waals surface area (Å²) in [5.41, 5.74) is 3.31. The molecule has 4 aromatic rings. The van der Waals surface area contributed by atoms with E-state index in [-0.39, 0.29) is 18.0 Å². The molecule has 4 heterocycles. The highest BCUT2D eigenvalue weighted by Gasteiger charge is 2.25. The molecule has 1 aliphatic rings. The Labute approximate surface area is 178 Å². The van der Waals surface area contributed by atoms with Crippen LogP contribution in [0.4, 0.5) is 0 Å². The molecule has 4 aromatic heterocycles. The molecule has 154 valence electrons. The van der Waals surface area contributed by atoms with Crippen molar-refractivity contribution in [3.05, 3.63) is 60.3 Å². The van der Waals surface area contributed by atoms with Crippen LogP contribution in [0.3, 0.4) is 0 Å². The highest BCUT2D eigenvalue weighted by molar-refractivity contribution is 6.05. The summed E-state index contributed by atoms with van der Waals surface area (Å²) in [4.78, 5) is 24.1. The van der Waals surface area contributed by atoms with Gasteiger partial charge >= 0.3 is 0 Å². The second-order valence-electron chi connectivity index (χ2n) is 7.71. The Hall–Kier alpha value is -4.06. The van der Waals surface area contributed by atoms with Gasteiger partial charge in [-0.2, -0.15) is 5.26 Å². The summed E-state index contributed by atoms with van der Waals surface area (Å²) >= 11 is 0. The van der Waals surface area contributed by atoms with Crippen LogP contribution < -0.4 is 5.32 Å². The summed E-state index contributed by atoms with van der Waals surface area (Å²) in [6.45, 7) is 0. The van der Waals surface area contributed by atoms with Crippen LogP contribution in [0, 0.1) is 11.3 Å². The first kappa shape index (κ1) is 18.9. The topological polar surface area (TPSA) is 125 Å². The predicted molar refractivity (Wildman–Crippen MR) is 113 cm³/mol. The number of carbonyl (C=O) groups is 1. The van der Waals surface area contributed by atoms with Crippen LogP contribution in [0.15, 0.2) is 49.1 Å². The molecule has 0 saturated heterocycles. The molecule has 0 bridgehead atoms. The van der Waals surface area contributed by atoms with Crippen LogP contribution >= 0.6 is 0 Å². The van der Waals surface area contributed by atoms with E-state index in [4.69, 9.17) is 5.26 Å². The van der Waals surface area contributed by atoms with E-state index in [1.807, 2.05) is 29.1 Å². The van der Waals surface area contributed by atoms with Gasteiger partial charge in [0, 0.05) is 35.6 Å². The van der Waals surface area contributed by atoms with Gasteiger partial charge in [-0.15, -0.1) is 5.10 Å². The zero-order valence-corrected chi connectivity index (χ0v) is 16.7. The number of hydrogen-bond acceptors (Lipinski definition) is 6. The zero-order chi connectivity index (χ0) is 21.2. The van der Waals surface area contributed by atoms with E-state index in [2.05, 4.69) is 30.6 Å². The van der Waals surface area contributed by atoms with Crippen LogP contribution in [0.2, 0.25) is 0 Å². The second kappa shape index (κ2) is 7.99. The number of nitrogens with zero attached hydrogens (tertiary/aromatic N) is 6. The highest BCUT2D eigenvalue weighted by atomic mass is 16.1. The Balaban J connectivity index is 1.21. The van der Waals surface area contributed by atoms with Crippen molar-refractivity contribution >= 4 is 16.9 Å². The molecule has 1 fully saturated rings. The van der Waals surface area contributed by atoms with Gasteiger partial charge in [0.25, 0.3) is 5.91 Å². The molecule has 0 atom stereocenters. The van der Waals surface area contributed by atoms with E-state index in [0.29, 0.717) is 11.3 Å². The maximum atomic E-state index is 12.8. The van der Waals surface area contributed by atoms with Gasteiger partial charge in [-0.1, -0.05) is 5.21 Å². The number of amides is 1. The molecule has 0 aliphatic heterocycles. The molecule has 1 amide bonds. The maximum Gasteiger partial charge on any atom is 0.252 e. The summed E-state index contributed by atoms with van der Waals surface area (Å²) < 4.78 is 1.90. The molecule has 2 N–H and O–H groups in total. The molecule has 0 unspecified atom stereocenters. The quantitative estimate of drug-likeness (QED) is 0.531.